The summed E-state index contributed by atoms with van der Waals surface area (Å²) in [5.41, 5.74) is -4.53. The van der Waals surface area contributed by atoms with Gasteiger partial charge < -0.3 is 4.98 Å². The van der Waals surface area contributed by atoms with E-state index in [1.165, 1.54) is 0 Å². The molecule has 5 nitrogen and oxygen atoms in total. The van der Waals surface area contributed by atoms with Gasteiger partial charge in [0, 0.05) is 11.8 Å². The Balaban J connectivity index is 3.33. The summed E-state index contributed by atoms with van der Waals surface area (Å²) in [5.74, 6) is 0. The van der Waals surface area contributed by atoms with Crippen LogP contribution in [0.2, 0.25) is 0 Å². The van der Waals surface area contributed by atoms with Crippen molar-refractivity contribution in [1.29, 1.82) is 0 Å². The lowest BCUT2D eigenvalue weighted by Crippen LogP contribution is -2.38. The van der Waals surface area contributed by atoms with Gasteiger partial charge in [0.05, 0.1) is 11.1 Å². The molecule has 17 heavy (non-hydrogen) atoms. The van der Waals surface area contributed by atoms with Crippen LogP contribution in [0.3, 0.4) is 0 Å². The molecule has 0 aromatic carbocycles. The van der Waals surface area contributed by atoms with Crippen molar-refractivity contribution >= 4 is 5.69 Å². The van der Waals surface area contributed by atoms with E-state index in [2.05, 4.69) is 4.98 Å². The molecule has 0 amide bonds. The van der Waals surface area contributed by atoms with E-state index in [9.17, 15) is 28.1 Å². The van der Waals surface area contributed by atoms with Crippen molar-refractivity contribution in [3.8, 4) is 0 Å². The van der Waals surface area contributed by atoms with Crippen LogP contribution in [0.1, 0.15) is 19.5 Å². The molecule has 0 aliphatic carbocycles. The zero-order chi connectivity index (χ0) is 13.4. The normalized spacial score (nSPS) is 12.5. The fourth-order valence-corrected chi connectivity index (χ4v) is 1.12. The molecule has 1 heterocycles. The largest absolute Gasteiger partial charge is 0.399 e. The highest BCUT2D eigenvalue weighted by Crippen LogP contribution is 2.39. The number of rotatable bonds is 2. The Kier molecular flexibility index (Phi) is 3.00. The van der Waals surface area contributed by atoms with Crippen LogP contribution in [0.4, 0.5) is 18.9 Å². The Labute approximate surface area is 93.4 Å². The molecular weight excluding hydrogens is 241 g/mol. The Hall–Kier alpha value is -1.86. The number of nitrogens with zero attached hydrogens (tertiary/aromatic N) is 1. The Bertz CT molecular complexity index is 505. The first-order valence-corrected chi connectivity index (χ1v) is 4.51. The van der Waals surface area contributed by atoms with Crippen molar-refractivity contribution in [2.45, 2.75) is 25.4 Å². The number of hydrogen-bond acceptors (Lipinski definition) is 3. The number of pyridine rings is 1. The van der Waals surface area contributed by atoms with Crippen LogP contribution in [0.5, 0.6) is 0 Å². The van der Waals surface area contributed by atoms with Gasteiger partial charge in [-0.2, -0.15) is 13.2 Å². The summed E-state index contributed by atoms with van der Waals surface area (Å²) < 4.78 is 38.0. The summed E-state index contributed by atoms with van der Waals surface area (Å²) in [5, 5.41) is 10.3. The maximum Gasteiger partial charge on any atom is 0.399 e. The Morgan fingerprint density at radius 1 is 1.35 bits per heavy atom. The lowest BCUT2D eigenvalue weighted by atomic mass is 9.88. The van der Waals surface area contributed by atoms with Crippen molar-refractivity contribution in [2.24, 2.45) is 0 Å². The van der Waals surface area contributed by atoms with Crippen LogP contribution >= 0.6 is 0 Å². The van der Waals surface area contributed by atoms with Crippen molar-refractivity contribution in [2.75, 3.05) is 0 Å². The smallest absolute Gasteiger partial charge is 0.358 e. The second-order valence-electron chi connectivity index (χ2n) is 3.98. The second kappa shape index (κ2) is 3.86. The molecule has 0 spiro atoms. The van der Waals surface area contributed by atoms with Crippen LogP contribution in [0.25, 0.3) is 0 Å². The third-order valence-corrected chi connectivity index (χ3v) is 2.47. The number of aromatic nitrogens is 1. The lowest BCUT2D eigenvalue weighted by Gasteiger charge is -2.27. The molecule has 8 heteroatoms. The number of halogens is 3. The molecule has 94 valence electrons. The van der Waals surface area contributed by atoms with Crippen molar-refractivity contribution < 1.29 is 18.1 Å². The molecule has 0 aliphatic heterocycles. The minimum Gasteiger partial charge on any atom is -0.358 e. The topological polar surface area (TPSA) is 76.0 Å². The van der Waals surface area contributed by atoms with E-state index >= 15 is 0 Å². The predicted octanol–water partition coefficient (Wildman–Crippen LogP) is 2.12. The summed E-state index contributed by atoms with van der Waals surface area (Å²) >= 11 is 0. The van der Waals surface area contributed by atoms with Gasteiger partial charge in [0.15, 0.2) is 0 Å². The highest BCUT2D eigenvalue weighted by atomic mass is 19.4. The molecular formula is C9H9F3N2O3. The number of hydrogen-bond donors (Lipinski definition) is 1. The van der Waals surface area contributed by atoms with Gasteiger partial charge in [-0.05, 0) is 13.8 Å². The van der Waals surface area contributed by atoms with Gasteiger partial charge in [-0.15, -0.1) is 0 Å². The number of aromatic amines is 1. The molecule has 0 radical (unpaired) electrons. The summed E-state index contributed by atoms with van der Waals surface area (Å²) in [7, 11) is 0. The van der Waals surface area contributed by atoms with Gasteiger partial charge in [-0.3, -0.25) is 14.9 Å². The van der Waals surface area contributed by atoms with Crippen LogP contribution in [-0.4, -0.2) is 16.1 Å². The monoisotopic (exact) mass is 250 g/mol. The number of nitrogens with one attached hydrogen (secondary N) is 1. The van der Waals surface area contributed by atoms with E-state index in [0.29, 0.717) is 12.3 Å². The fraction of sp³-hybridized carbons (Fsp3) is 0.444. The quantitative estimate of drug-likeness (QED) is 0.645. The van der Waals surface area contributed by atoms with Gasteiger partial charge >= 0.3 is 11.9 Å². The Morgan fingerprint density at radius 3 is 2.24 bits per heavy atom. The first-order valence-electron chi connectivity index (χ1n) is 4.51. The maximum absolute atomic E-state index is 12.7. The number of alkyl halides is 3. The highest BCUT2D eigenvalue weighted by molar-refractivity contribution is 5.30. The first-order chi connectivity index (χ1) is 7.57. The average molecular weight is 250 g/mol. The molecule has 0 bridgehead atoms. The SMILES string of the molecule is CC(C)(c1cc(=O)c([N+](=O)[O-])c[nH]1)C(F)(F)F. The molecule has 0 unspecified atom stereocenters. The molecule has 1 N–H and O–H groups in total. The number of nitro groups is 1. The van der Waals surface area contributed by atoms with Gasteiger partial charge in [0.25, 0.3) is 5.43 Å². The van der Waals surface area contributed by atoms with Gasteiger partial charge in [-0.1, -0.05) is 0 Å². The van der Waals surface area contributed by atoms with E-state index in [1.54, 1.807) is 0 Å². The zero-order valence-electron chi connectivity index (χ0n) is 8.96. The van der Waals surface area contributed by atoms with Crippen LogP contribution in [0.15, 0.2) is 17.1 Å². The third kappa shape index (κ3) is 2.29. The fourth-order valence-electron chi connectivity index (χ4n) is 1.12. The van der Waals surface area contributed by atoms with E-state index in [0.717, 1.165) is 13.8 Å². The standard InChI is InChI=1S/C9H9F3N2O3/c1-8(2,9(10,11)12)7-3-6(15)5(4-13-7)14(16)17/h3-4H,1-2H3,(H,13,15). The van der Waals surface area contributed by atoms with Crippen LogP contribution < -0.4 is 5.43 Å². The van der Waals surface area contributed by atoms with E-state index in [-0.39, 0.29) is 0 Å². The van der Waals surface area contributed by atoms with Crippen LogP contribution in [-0.2, 0) is 5.41 Å². The summed E-state index contributed by atoms with van der Waals surface area (Å²) in [4.78, 5) is 22.8. The molecule has 0 fully saturated rings. The zero-order valence-corrected chi connectivity index (χ0v) is 8.96. The highest BCUT2D eigenvalue weighted by Gasteiger charge is 2.49. The Morgan fingerprint density at radius 2 is 1.88 bits per heavy atom. The lowest BCUT2D eigenvalue weighted by molar-refractivity contribution is -0.386. The average Bonchev–Trinajstić information content (AvgIpc) is 2.14. The minimum absolute atomic E-state index is 0.416. The van der Waals surface area contributed by atoms with Gasteiger partial charge in [0.1, 0.15) is 5.41 Å². The molecule has 1 aromatic rings. The number of H-pyrrole nitrogens is 1. The maximum atomic E-state index is 12.7. The first kappa shape index (κ1) is 13.2. The van der Waals surface area contributed by atoms with Gasteiger partial charge in [-0.25, -0.2) is 0 Å². The minimum atomic E-state index is -4.56. The van der Waals surface area contributed by atoms with E-state index in [4.69, 9.17) is 0 Å². The summed E-state index contributed by atoms with van der Waals surface area (Å²) in [6.45, 7) is 1.76. The van der Waals surface area contributed by atoms with Crippen LogP contribution in [0, 0.1) is 10.1 Å². The van der Waals surface area contributed by atoms with Gasteiger partial charge in [0.2, 0.25) is 0 Å². The molecule has 0 saturated carbocycles. The molecule has 0 atom stereocenters. The van der Waals surface area contributed by atoms with Crippen molar-refractivity contribution in [3.63, 3.8) is 0 Å². The second-order valence-corrected chi connectivity index (χ2v) is 3.98. The van der Waals surface area contributed by atoms with Crippen molar-refractivity contribution in [1.82, 2.24) is 4.98 Å². The van der Waals surface area contributed by atoms with Crippen molar-refractivity contribution in [3.05, 3.63) is 38.3 Å². The molecule has 1 rings (SSSR count). The van der Waals surface area contributed by atoms with E-state index in [1.807, 2.05) is 0 Å². The van der Waals surface area contributed by atoms with E-state index < -0.39 is 33.3 Å². The molecule has 0 saturated heterocycles. The molecule has 1 aromatic heterocycles. The summed E-state index contributed by atoms with van der Waals surface area (Å²) in [6.07, 6.45) is -3.89. The predicted molar refractivity (Wildman–Crippen MR) is 52.8 cm³/mol. The summed E-state index contributed by atoms with van der Waals surface area (Å²) in [6, 6.07) is 0.603. The molecule has 0 aliphatic rings. The third-order valence-electron chi connectivity index (χ3n) is 2.47.